The second-order valence-electron chi connectivity index (χ2n) is 3.00. The van der Waals surface area contributed by atoms with Gasteiger partial charge in [-0.15, -0.1) is 0 Å². The highest BCUT2D eigenvalue weighted by Gasteiger charge is 2.26. The van der Waals surface area contributed by atoms with E-state index in [1.54, 1.807) is 0 Å². The van der Waals surface area contributed by atoms with Crippen molar-refractivity contribution in [1.29, 1.82) is 0 Å². The van der Waals surface area contributed by atoms with Gasteiger partial charge in [0.05, 0.1) is 12.3 Å². The molecular formula is C8H19O3P. The monoisotopic (exact) mass is 194 g/mol. The van der Waals surface area contributed by atoms with Gasteiger partial charge in [-0.1, -0.05) is 27.2 Å². The fourth-order valence-corrected chi connectivity index (χ4v) is 1.96. The molecule has 0 rings (SSSR count). The van der Waals surface area contributed by atoms with Gasteiger partial charge in [0.1, 0.15) is 0 Å². The molecule has 0 amide bonds. The van der Waals surface area contributed by atoms with Crippen molar-refractivity contribution in [3.63, 3.8) is 0 Å². The molecular weight excluding hydrogens is 175 g/mol. The average molecular weight is 194 g/mol. The molecule has 0 aromatic heterocycles. The zero-order valence-corrected chi connectivity index (χ0v) is 9.27. The van der Waals surface area contributed by atoms with Crippen LogP contribution in [0.15, 0.2) is 0 Å². The topological polar surface area (TPSA) is 35.5 Å². The Hall–Kier alpha value is 0.150. The first kappa shape index (κ1) is 12.2. The molecule has 0 N–H and O–H groups in total. The van der Waals surface area contributed by atoms with Gasteiger partial charge < -0.3 is 9.05 Å². The van der Waals surface area contributed by atoms with Gasteiger partial charge >= 0.3 is 7.60 Å². The van der Waals surface area contributed by atoms with Crippen LogP contribution in [0.3, 0.4) is 0 Å². The van der Waals surface area contributed by atoms with E-state index in [0.29, 0.717) is 6.61 Å². The molecule has 4 heteroatoms. The number of hydrogen-bond donors (Lipinski definition) is 0. The maximum Gasteiger partial charge on any atom is 0.332 e. The Bertz CT molecular complexity index is 156. The van der Waals surface area contributed by atoms with Crippen molar-refractivity contribution in [3.8, 4) is 0 Å². The van der Waals surface area contributed by atoms with Crippen LogP contribution < -0.4 is 0 Å². The van der Waals surface area contributed by atoms with Crippen molar-refractivity contribution in [2.45, 2.75) is 39.3 Å². The van der Waals surface area contributed by atoms with Gasteiger partial charge in [0.15, 0.2) is 0 Å². The summed E-state index contributed by atoms with van der Waals surface area (Å²) in [6, 6.07) is 0. The lowest BCUT2D eigenvalue weighted by Crippen LogP contribution is -2.04. The number of hydrogen-bond acceptors (Lipinski definition) is 3. The predicted molar refractivity (Wildman–Crippen MR) is 50.6 cm³/mol. The van der Waals surface area contributed by atoms with E-state index in [0.717, 1.165) is 12.8 Å². The Labute approximate surface area is 75.0 Å². The normalized spacial score (nSPS) is 16.4. The quantitative estimate of drug-likeness (QED) is 0.481. The van der Waals surface area contributed by atoms with Gasteiger partial charge in [-0.25, -0.2) is 0 Å². The molecule has 0 aliphatic heterocycles. The van der Waals surface area contributed by atoms with Crippen LogP contribution in [-0.2, 0) is 13.6 Å². The van der Waals surface area contributed by atoms with E-state index in [9.17, 15) is 4.57 Å². The van der Waals surface area contributed by atoms with E-state index in [-0.39, 0.29) is 5.66 Å². The van der Waals surface area contributed by atoms with Gasteiger partial charge in [-0.05, 0) is 6.42 Å². The molecule has 12 heavy (non-hydrogen) atoms. The van der Waals surface area contributed by atoms with Gasteiger partial charge in [-0.2, -0.15) is 0 Å². The van der Waals surface area contributed by atoms with Gasteiger partial charge in [0, 0.05) is 7.11 Å². The molecule has 0 fully saturated rings. The van der Waals surface area contributed by atoms with Crippen LogP contribution in [0.4, 0.5) is 0 Å². The first-order valence-electron chi connectivity index (χ1n) is 4.36. The summed E-state index contributed by atoms with van der Waals surface area (Å²) >= 11 is 0. The summed E-state index contributed by atoms with van der Waals surface area (Å²) in [6.07, 6.45) is 1.97. The maximum absolute atomic E-state index is 11.7. The fraction of sp³-hybridized carbons (Fsp3) is 1.00. The van der Waals surface area contributed by atoms with Crippen LogP contribution in [0.1, 0.15) is 33.6 Å². The Morgan fingerprint density at radius 1 is 1.42 bits per heavy atom. The molecule has 1 atom stereocenters. The van der Waals surface area contributed by atoms with Crippen molar-refractivity contribution in [3.05, 3.63) is 0 Å². The van der Waals surface area contributed by atoms with E-state index in [2.05, 4.69) is 6.92 Å². The summed E-state index contributed by atoms with van der Waals surface area (Å²) in [5, 5.41) is 0. The Balaban J connectivity index is 3.89. The highest BCUT2D eigenvalue weighted by atomic mass is 31.2. The van der Waals surface area contributed by atoms with Crippen molar-refractivity contribution in [2.75, 3.05) is 13.7 Å². The van der Waals surface area contributed by atoms with E-state index in [4.69, 9.17) is 9.05 Å². The molecule has 0 aromatic rings. The van der Waals surface area contributed by atoms with Gasteiger partial charge in [-0.3, -0.25) is 4.57 Å². The van der Waals surface area contributed by atoms with E-state index in [1.807, 2.05) is 13.8 Å². The molecule has 0 aliphatic rings. The van der Waals surface area contributed by atoms with Crippen molar-refractivity contribution in [2.24, 2.45) is 0 Å². The lowest BCUT2D eigenvalue weighted by Gasteiger charge is -2.19. The zero-order valence-electron chi connectivity index (χ0n) is 8.37. The number of unbranched alkanes of at least 4 members (excludes halogenated alkanes) is 1. The standard InChI is InChI=1S/C8H19O3P/c1-5-6-7-11-12(9,10-4)8(2)3/h8H,5-7H2,1-4H3. The Morgan fingerprint density at radius 2 is 2.00 bits per heavy atom. The van der Waals surface area contributed by atoms with Crippen LogP contribution in [-0.4, -0.2) is 19.4 Å². The largest absolute Gasteiger partial charge is 0.332 e. The SMILES string of the molecule is CCCCOP(=O)(OC)C(C)C. The van der Waals surface area contributed by atoms with Gasteiger partial charge in [0.2, 0.25) is 0 Å². The highest BCUT2D eigenvalue weighted by Crippen LogP contribution is 2.51. The first-order chi connectivity index (χ1) is 5.56. The molecule has 1 unspecified atom stereocenters. The summed E-state index contributed by atoms with van der Waals surface area (Å²) in [4.78, 5) is 0. The molecule has 0 saturated carbocycles. The maximum atomic E-state index is 11.7. The third kappa shape index (κ3) is 3.70. The van der Waals surface area contributed by atoms with Crippen LogP contribution in [0.25, 0.3) is 0 Å². The molecule has 0 aromatic carbocycles. The van der Waals surface area contributed by atoms with Crippen LogP contribution >= 0.6 is 7.60 Å². The summed E-state index contributed by atoms with van der Waals surface area (Å²) in [6.45, 7) is 6.28. The number of rotatable bonds is 6. The van der Waals surface area contributed by atoms with E-state index < -0.39 is 7.60 Å². The fourth-order valence-electron chi connectivity index (χ4n) is 0.749. The van der Waals surface area contributed by atoms with Crippen molar-refractivity contribution in [1.82, 2.24) is 0 Å². The molecule has 0 bridgehead atoms. The smallest absolute Gasteiger partial charge is 0.312 e. The third-order valence-corrected chi connectivity index (χ3v) is 3.97. The van der Waals surface area contributed by atoms with Gasteiger partial charge in [0.25, 0.3) is 0 Å². The highest BCUT2D eigenvalue weighted by molar-refractivity contribution is 7.54. The van der Waals surface area contributed by atoms with Crippen LogP contribution in [0.2, 0.25) is 0 Å². The molecule has 0 heterocycles. The lowest BCUT2D eigenvalue weighted by atomic mass is 10.4. The Morgan fingerprint density at radius 3 is 2.33 bits per heavy atom. The molecule has 74 valence electrons. The minimum atomic E-state index is -2.80. The van der Waals surface area contributed by atoms with E-state index >= 15 is 0 Å². The van der Waals surface area contributed by atoms with E-state index in [1.165, 1.54) is 7.11 Å². The summed E-state index contributed by atoms with van der Waals surface area (Å²) in [5.41, 5.74) is -0.0562. The molecule has 0 aliphatic carbocycles. The zero-order chi connectivity index (χ0) is 9.61. The predicted octanol–water partition coefficient (Wildman–Crippen LogP) is 3.05. The Kier molecular flexibility index (Phi) is 5.81. The first-order valence-corrected chi connectivity index (χ1v) is 5.98. The van der Waals surface area contributed by atoms with Crippen molar-refractivity contribution < 1.29 is 13.6 Å². The van der Waals surface area contributed by atoms with Crippen LogP contribution in [0, 0.1) is 0 Å². The van der Waals surface area contributed by atoms with Crippen LogP contribution in [0.5, 0.6) is 0 Å². The van der Waals surface area contributed by atoms with Crippen molar-refractivity contribution >= 4 is 7.60 Å². The second-order valence-corrected chi connectivity index (χ2v) is 5.74. The molecule has 0 saturated heterocycles. The lowest BCUT2D eigenvalue weighted by molar-refractivity contribution is 0.225. The average Bonchev–Trinajstić information content (AvgIpc) is 2.04. The molecule has 0 radical (unpaired) electrons. The second kappa shape index (κ2) is 5.74. The molecule has 0 spiro atoms. The third-order valence-electron chi connectivity index (χ3n) is 1.66. The summed E-state index contributed by atoms with van der Waals surface area (Å²) < 4.78 is 21.8. The summed E-state index contributed by atoms with van der Waals surface area (Å²) in [5.74, 6) is 0. The summed E-state index contributed by atoms with van der Waals surface area (Å²) in [7, 11) is -1.36. The minimum absolute atomic E-state index is 0.0562. The molecule has 3 nitrogen and oxygen atoms in total. The minimum Gasteiger partial charge on any atom is -0.312 e.